The number of amides is 1. The van der Waals surface area contributed by atoms with Crippen LogP contribution in [-0.4, -0.2) is 17.8 Å². The summed E-state index contributed by atoms with van der Waals surface area (Å²) < 4.78 is 0. The van der Waals surface area contributed by atoms with Crippen molar-refractivity contribution in [3.05, 3.63) is 75.6 Å². The van der Waals surface area contributed by atoms with Crippen molar-refractivity contribution in [2.24, 2.45) is 4.99 Å². The first-order valence-corrected chi connectivity index (χ1v) is 8.40. The summed E-state index contributed by atoms with van der Waals surface area (Å²) in [5, 5.41) is 11.0. The lowest BCUT2D eigenvalue weighted by atomic mass is 10.0. The van der Waals surface area contributed by atoms with Gasteiger partial charge in [-0.05, 0) is 31.2 Å². The zero-order valence-corrected chi connectivity index (χ0v) is 14.1. The number of hydrogen-bond acceptors (Lipinski definition) is 4. The zero-order valence-electron chi connectivity index (χ0n) is 13.2. The highest BCUT2D eigenvalue weighted by molar-refractivity contribution is 7.13. The van der Waals surface area contributed by atoms with Gasteiger partial charge in [0.2, 0.25) is 0 Å². The third kappa shape index (κ3) is 3.75. The van der Waals surface area contributed by atoms with Crippen LogP contribution in [-0.2, 0) is 4.79 Å². The highest BCUT2D eigenvalue weighted by Gasteiger charge is 2.19. The average molecular weight is 335 g/mol. The van der Waals surface area contributed by atoms with E-state index in [1.165, 1.54) is 4.88 Å². The number of aliphatic imine (C=N–C) groups is 1. The first kappa shape index (κ1) is 16.1. The molecule has 2 N–H and O–H groups in total. The third-order valence-electron chi connectivity index (χ3n) is 3.51. The molecule has 0 aliphatic heterocycles. The molecule has 0 spiro atoms. The number of nitrogens with zero attached hydrogens (tertiary/aromatic N) is 1. The van der Waals surface area contributed by atoms with Crippen LogP contribution in [0.15, 0.2) is 70.9 Å². The van der Waals surface area contributed by atoms with Crippen molar-refractivity contribution in [3.8, 4) is 0 Å². The third-order valence-corrected chi connectivity index (χ3v) is 4.44. The zero-order chi connectivity index (χ0) is 16.9. The SMILES string of the molecule is Cc1ccc(C=NC2=C(C(=O)Nc3ccccc3)C=CCC2=N)s1. The summed E-state index contributed by atoms with van der Waals surface area (Å²) in [6, 6.07) is 13.3. The second-order valence-corrected chi connectivity index (χ2v) is 6.69. The van der Waals surface area contributed by atoms with Gasteiger partial charge in [-0.25, -0.2) is 0 Å². The summed E-state index contributed by atoms with van der Waals surface area (Å²) >= 11 is 1.63. The van der Waals surface area contributed by atoms with Gasteiger partial charge in [-0.1, -0.05) is 30.4 Å². The number of allylic oxidation sites excluding steroid dienone is 2. The van der Waals surface area contributed by atoms with Crippen LogP contribution in [0.1, 0.15) is 16.2 Å². The molecule has 5 heteroatoms. The summed E-state index contributed by atoms with van der Waals surface area (Å²) in [7, 11) is 0. The molecular formula is C19H17N3OS. The van der Waals surface area contributed by atoms with Gasteiger partial charge in [0.25, 0.3) is 5.91 Å². The van der Waals surface area contributed by atoms with Crippen molar-refractivity contribution in [3.63, 3.8) is 0 Å². The summed E-state index contributed by atoms with van der Waals surface area (Å²) in [5.74, 6) is -0.253. The molecule has 1 aliphatic carbocycles. The van der Waals surface area contributed by atoms with Gasteiger partial charge in [-0.3, -0.25) is 9.79 Å². The minimum absolute atomic E-state index is 0.253. The largest absolute Gasteiger partial charge is 0.322 e. The highest BCUT2D eigenvalue weighted by Crippen LogP contribution is 2.20. The first-order valence-electron chi connectivity index (χ1n) is 7.59. The molecule has 0 atom stereocenters. The van der Waals surface area contributed by atoms with Crippen LogP contribution in [0, 0.1) is 12.3 Å². The van der Waals surface area contributed by atoms with Gasteiger partial charge in [-0.2, -0.15) is 0 Å². The molecule has 1 amide bonds. The number of hydrogen-bond donors (Lipinski definition) is 2. The maximum atomic E-state index is 12.6. The maximum absolute atomic E-state index is 12.6. The van der Waals surface area contributed by atoms with E-state index in [4.69, 9.17) is 5.41 Å². The van der Waals surface area contributed by atoms with Gasteiger partial charge in [0.15, 0.2) is 0 Å². The molecule has 0 unspecified atom stereocenters. The number of carbonyl (C=O) groups excluding carboxylic acids is 1. The van der Waals surface area contributed by atoms with Crippen LogP contribution in [0.3, 0.4) is 0 Å². The predicted octanol–water partition coefficient (Wildman–Crippen LogP) is 4.35. The number of carbonyl (C=O) groups is 1. The molecule has 24 heavy (non-hydrogen) atoms. The van der Waals surface area contributed by atoms with Gasteiger partial charge in [0, 0.05) is 28.1 Å². The van der Waals surface area contributed by atoms with E-state index >= 15 is 0 Å². The topological polar surface area (TPSA) is 65.3 Å². The van der Waals surface area contributed by atoms with Crippen LogP contribution >= 0.6 is 11.3 Å². The Bertz CT molecular complexity index is 860. The van der Waals surface area contributed by atoms with Crippen molar-refractivity contribution < 1.29 is 4.79 Å². The molecule has 120 valence electrons. The van der Waals surface area contributed by atoms with E-state index in [1.807, 2.05) is 55.5 Å². The van der Waals surface area contributed by atoms with E-state index in [-0.39, 0.29) is 5.91 Å². The number of nitrogens with one attached hydrogen (secondary N) is 2. The number of benzene rings is 1. The molecule has 2 aromatic rings. The Morgan fingerprint density at radius 2 is 2.04 bits per heavy atom. The second-order valence-electron chi connectivity index (χ2n) is 5.37. The van der Waals surface area contributed by atoms with Crippen molar-refractivity contribution in [2.75, 3.05) is 5.32 Å². The number of rotatable bonds is 4. The van der Waals surface area contributed by atoms with Crippen LogP contribution in [0.2, 0.25) is 0 Å². The second kappa shape index (κ2) is 7.19. The molecule has 0 saturated heterocycles. The fraction of sp³-hybridized carbons (Fsp3) is 0.105. The first-order chi connectivity index (χ1) is 11.6. The lowest BCUT2D eigenvalue weighted by Gasteiger charge is -2.13. The standard InChI is InChI=1S/C19H17N3OS/c1-13-10-11-15(24-13)12-21-18-16(8-5-9-17(18)20)19(23)22-14-6-3-2-4-7-14/h2-8,10-12,20H,9H2,1H3,(H,22,23). The van der Waals surface area contributed by atoms with E-state index in [2.05, 4.69) is 10.3 Å². The molecular weight excluding hydrogens is 318 g/mol. The van der Waals surface area contributed by atoms with E-state index in [1.54, 1.807) is 23.6 Å². The quantitative estimate of drug-likeness (QED) is 0.802. The van der Waals surface area contributed by atoms with Crippen molar-refractivity contribution in [1.82, 2.24) is 0 Å². The Balaban J connectivity index is 1.88. The van der Waals surface area contributed by atoms with Crippen LogP contribution in [0.4, 0.5) is 5.69 Å². The van der Waals surface area contributed by atoms with Crippen LogP contribution < -0.4 is 5.32 Å². The molecule has 0 radical (unpaired) electrons. The van der Waals surface area contributed by atoms with Gasteiger partial charge in [0.1, 0.15) is 0 Å². The monoisotopic (exact) mass is 335 g/mol. The molecule has 1 aromatic heterocycles. The number of thiophene rings is 1. The van der Waals surface area contributed by atoms with Crippen molar-refractivity contribution in [2.45, 2.75) is 13.3 Å². The molecule has 0 bridgehead atoms. The Morgan fingerprint density at radius 1 is 1.25 bits per heavy atom. The van der Waals surface area contributed by atoms with E-state index < -0.39 is 0 Å². The Morgan fingerprint density at radius 3 is 2.75 bits per heavy atom. The molecule has 1 heterocycles. The maximum Gasteiger partial charge on any atom is 0.257 e. The Labute approximate surface area is 144 Å². The molecule has 0 fully saturated rings. The number of aryl methyl sites for hydroxylation is 1. The average Bonchev–Trinajstić information content (AvgIpc) is 3.00. The summed E-state index contributed by atoms with van der Waals surface area (Å²) in [5.41, 5.74) is 1.91. The molecule has 3 rings (SSSR count). The summed E-state index contributed by atoms with van der Waals surface area (Å²) in [4.78, 5) is 19.2. The van der Waals surface area contributed by atoms with Gasteiger partial charge in [0.05, 0.1) is 17.0 Å². The minimum atomic E-state index is -0.253. The van der Waals surface area contributed by atoms with E-state index in [9.17, 15) is 4.79 Å². The fourth-order valence-electron chi connectivity index (χ4n) is 2.33. The molecule has 1 aliphatic rings. The van der Waals surface area contributed by atoms with Gasteiger partial charge in [-0.15, -0.1) is 11.3 Å². The summed E-state index contributed by atoms with van der Waals surface area (Å²) in [6.07, 6.45) is 5.76. The van der Waals surface area contributed by atoms with Crippen molar-refractivity contribution in [1.29, 1.82) is 5.41 Å². The smallest absolute Gasteiger partial charge is 0.257 e. The van der Waals surface area contributed by atoms with Gasteiger partial charge < -0.3 is 10.7 Å². The van der Waals surface area contributed by atoms with Crippen LogP contribution in [0.5, 0.6) is 0 Å². The molecule has 0 saturated carbocycles. The normalized spacial score (nSPS) is 14.5. The van der Waals surface area contributed by atoms with Crippen molar-refractivity contribution >= 4 is 34.9 Å². The Kier molecular flexibility index (Phi) is 4.82. The lowest BCUT2D eigenvalue weighted by Crippen LogP contribution is -2.19. The van der Waals surface area contributed by atoms with E-state index in [0.29, 0.717) is 23.4 Å². The van der Waals surface area contributed by atoms with Gasteiger partial charge >= 0.3 is 0 Å². The molecule has 4 nitrogen and oxygen atoms in total. The highest BCUT2D eigenvalue weighted by atomic mass is 32.1. The minimum Gasteiger partial charge on any atom is -0.322 e. The molecule has 1 aromatic carbocycles. The van der Waals surface area contributed by atoms with E-state index in [0.717, 1.165) is 10.6 Å². The van der Waals surface area contributed by atoms with Crippen LogP contribution in [0.25, 0.3) is 0 Å². The number of anilines is 1. The summed E-state index contributed by atoms with van der Waals surface area (Å²) in [6.45, 7) is 2.03. The lowest BCUT2D eigenvalue weighted by molar-refractivity contribution is -0.112. The fourth-order valence-corrected chi connectivity index (χ4v) is 3.08. The predicted molar refractivity (Wildman–Crippen MR) is 100 cm³/mol. The Hall–Kier alpha value is -2.79. The number of para-hydroxylation sites is 1.